The Morgan fingerprint density at radius 1 is 0.960 bits per heavy atom. The van der Waals surface area contributed by atoms with Crippen LogP contribution in [-0.4, -0.2) is 62.0 Å². The Kier molecular flexibility index (Phi) is 5.16. The highest BCUT2D eigenvalue weighted by molar-refractivity contribution is 5.97. The van der Waals surface area contributed by atoms with Gasteiger partial charge in [-0.25, -0.2) is 0 Å². The Bertz CT molecular complexity index is 670. The van der Waals surface area contributed by atoms with E-state index in [2.05, 4.69) is 0 Å². The molecule has 2 aliphatic rings. The second kappa shape index (κ2) is 7.33. The number of carbonyl (C=O) groups excluding carboxylic acids is 2. The molecule has 1 heterocycles. The van der Waals surface area contributed by atoms with Crippen LogP contribution in [-0.2, 0) is 4.79 Å². The molecule has 0 atom stereocenters. The van der Waals surface area contributed by atoms with Crippen molar-refractivity contribution in [2.45, 2.75) is 26.2 Å². The third-order valence-corrected chi connectivity index (χ3v) is 4.97. The molecule has 0 spiro atoms. The van der Waals surface area contributed by atoms with E-state index in [4.69, 9.17) is 9.47 Å². The van der Waals surface area contributed by atoms with Crippen LogP contribution in [0.1, 0.15) is 35.2 Å². The summed E-state index contributed by atoms with van der Waals surface area (Å²) in [5, 5.41) is 0. The van der Waals surface area contributed by atoms with Crippen molar-refractivity contribution in [1.82, 2.24) is 9.80 Å². The molecule has 1 saturated carbocycles. The number of rotatable bonds is 4. The zero-order chi connectivity index (χ0) is 18.0. The Morgan fingerprint density at radius 3 is 2.24 bits per heavy atom. The molecule has 0 aromatic heterocycles. The van der Waals surface area contributed by atoms with Crippen molar-refractivity contribution in [2.75, 3.05) is 40.4 Å². The van der Waals surface area contributed by atoms with Gasteiger partial charge in [0.25, 0.3) is 5.91 Å². The highest BCUT2D eigenvalue weighted by Crippen LogP contribution is 2.32. The Morgan fingerprint density at radius 2 is 1.60 bits per heavy atom. The summed E-state index contributed by atoms with van der Waals surface area (Å²) in [4.78, 5) is 29.0. The van der Waals surface area contributed by atoms with Crippen LogP contribution in [0, 0.1) is 12.8 Å². The predicted molar refractivity (Wildman–Crippen MR) is 94.1 cm³/mol. The van der Waals surface area contributed by atoms with E-state index in [0.717, 1.165) is 31.4 Å². The molecule has 0 bridgehead atoms. The SMILES string of the molecule is COc1cc(C(=O)N2CCCN(C(=O)C3CC3)CC2)c(OC)cc1C. The molecular weight excluding hydrogens is 320 g/mol. The highest BCUT2D eigenvalue weighted by atomic mass is 16.5. The molecular formula is C19H26N2O4. The summed E-state index contributed by atoms with van der Waals surface area (Å²) in [6, 6.07) is 3.57. The van der Waals surface area contributed by atoms with E-state index < -0.39 is 0 Å². The van der Waals surface area contributed by atoms with Gasteiger partial charge in [-0.15, -0.1) is 0 Å². The lowest BCUT2D eigenvalue weighted by atomic mass is 10.1. The molecule has 3 rings (SSSR count). The number of nitrogens with zero attached hydrogens (tertiary/aromatic N) is 2. The van der Waals surface area contributed by atoms with Gasteiger partial charge < -0.3 is 19.3 Å². The van der Waals surface area contributed by atoms with E-state index in [9.17, 15) is 9.59 Å². The molecule has 2 fully saturated rings. The number of hydrogen-bond acceptors (Lipinski definition) is 4. The average molecular weight is 346 g/mol. The van der Waals surface area contributed by atoms with E-state index in [0.29, 0.717) is 36.7 Å². The van der Waals surface area contributed by atoms with Crippen molar-refractivity contribution in [2.24, 2.45) is 5.92 Å². The van der Waals surface area contributed by atoms with Crippen molar-refractivity contribution in [3.63, 3.8) is 0 Å². The third-order valence-electron chi connectivity index (χ3n) is 4.97. The summed E-state index contributed by atoms with van der Waals surface area (Å²) >= 11 is 0. The normalized spacial score (nSPS) is 17.9. The minimum absolute atomic E-state index is 0.0733. The lowest BCUT2D eigenvalue weighted by Crippen LogP contribution is -2.38. The standard InChI is InChI=1S/C19H26N2O4/c1-13-11-17(25-3)15(12-16(13)24-2)19(23)21-8-4-7-20(9-10-21)18(22)14-5-6-14/h11-12,14H,4-10H2,1-3H3. The molecule has 25 heavy (non-hydrogen) atoms. The van der Waals surface area contributed by atoms with Crippen LogP contribution in [0.5, 0.6) is 11.5 Å². The fourth-order valence-corrected chi connectivity index (χ4v) is 3.32. The number of amides is 2. The summed E-state index contributed by atoms with van der Waals surface area (Å²) in [5.74, 6) is 1.63. The quantitative estimate of drug-likeness (QED) is 0.838. The maximum Gasteiger partial charge on any atom is 0.257 e. The van der Waals surface area contributed by atoms with E-state index >= 15 is 0 Å². The minimum Gasteiger partial charge on any atom is -0.496 e. The number of methoxy groups -OCH3 is 2. The number of aryl methyl sites for hydroxylation is 1. The maximum atomic E-state index is 13.0. The molecule has 1 aromatic rings. The molecule has 136 valence electrons. The van der Waals surface area contributed by atoms with Crippen LogP contribution in [0.15, 0.2) is 12.1 Å². The number of benzene rings is 1. The van der Waals surface area contributed by atoms with Gasteiger partial charge in [0.1, 0.15) is 11.5 Å². The largest absolute Gasteiger partial charge is 0.496 e. The first-order valence-electron chi connectivity index (χ1n) is 8.85. The van der Waals surface area contributed by atoms with Crippen LogP contribution in [0.25, 0.3) is 0 Å². The Labute approximate surface area is 148 Å². The van der Waals surface area contributed by atoms with Crippen LogP contribution in [0.2, 0.25) is 0 Å². The summed E-state index contributed by atoms with van der Waals surface area (Å²) < 4.78 is 10.8. The zero-order valence-electron chi connectivity index (χ0n) is 15.2. The van der Waals surface area contributed by atoms with Gasteiger partial charge in [-0.05, 0) is 43.9 Å². The molecule has 1 aromatic carbocycles. The minimum atomic E-state index is -0.0733. The molecule has 1 aliphatic carbocycles. The van der Waals surface area contributed by atoms with E-state index in [1.54, 1.807) is 20.3 Å². The van der Waals surface area contributed by atoms with Crippen LogP contribution < -0.4 is 9.47 Å². The molecule has 1 saturated heterocycles. The average Bonchev–Trinajstić information content (AvgIpc) is 3.46. The first-order valence-corrected chi connectivity index (χ1v) is 8.85. The van der Waals surface area contributed by atoms with Crippen molar-refractivity contribution in [3.8, 4) is 11.5 Å². The number of ether oxygens (including phenoxy) is 2. The van der Waals surface area contributed by atoms with Gasteiger partial charge in [0.2, 0.25) is 5.91 Å². The summed E-state index contributed by atoms with van der Waals surface area (Å²) in [6.45, 7) is 4.45. The molecule has 0 unspecified atom stereocenters. The van der Waals surface area contributed by atoms with Crippen molar-refractivity contribution < 1.29 is 19.1 Å². The molecule has 2 amide bonds. The topological polar surface area (TPSA) is 59.1 Å². The molecule has 1 aliphatic heterocycles. The van der Waals surface area contributed by atoms with E-state index in [1.807, 2.05) is 22.8 Å². The lowest BCUT2D eigenvalue weighted by molar-refractivity contribution is -0.132. The third kappa shape index (κ3) is 3.72. The summed E-state index contributed by atoms with van der Waals surface area (Å²) in [5.41, 5.74) is 1.43. The highest BCUT2D eigenvalue weighted by Gasteiger charge is 2.34. The lowest BCUT2D eigenvalue weighted by Gasteiger charge is -2.23. The Hall–Kier alpha value is -2.24. The van der Waals surface area contributed by atoms with Gasteiger partial charge in [-0.1, -0.05) is 0 Å². The number of carbonyl (C=O) groups is 2. The maximum absolute atomic E-state index is 13.0. The van der Waals surface area contributed by atoms with Crippen LogP contribution in [0.4, 0.5) is 0 Å². The van der Waals surface area contributed by atoms with Crippen molar-refractivity contribution in [1.29, 1.82) is 0 Å². The van der Waals surface area contributed by atoms with Gasteiger partial charge in [0.05, 0.1) is 19.8 Å². The second-order valence-electron chi connectivity index (χ2n) is 6.77. The van der Waals surface area contributed by atoms with Gasteiger partial charge in [0, 0.05) is 32.1 Å². The van der Waals surface area contributed by atoms with Crippen LogP contribution in [0.3, 0.4) is 0 Å². The van der Waals surface area contributed by atoms with Crippen LogP contribution >= 0.6 is 0 Å². The fourth-order valence-electron chi connectivity index (χ4n) is 3.32. The first-order chi connectivity index (χ1) is 12.0. The summed E-state index contributed by atoms with van der Waals surface area (Å²) in [6.07, 6.45) is 2.83. The molecule has 6 nitrogen and oxygen atoms in total. The first kappa shape index (κ1) is 17.6. The second-order valence-corrected chi connectivity index (χ2v) is 6.77. The summed E-state index contributed by atoms with van der Waals surface area (Å²) in [7, 11) is 3.16. The molecule has 0 N–H and O–H groups in total. The fraction of sp³-hybridized carbons (Fsp3) is 0.579. The number of hydrogen-bond donors (Lipinski definition) is 0. The monoisotopic (exact) mass is 346 g/mol. The van der Waals surface area contributed by atoms with Gasteiger partial charge in [0.15, 0.2) is 0 Å². The Balaban J connectivity index is 1.75. The van der Waals surface area contributed by atoms with Gasteiger partial charge in [-0.2, -0.15) is 0 Å². The van der Waals surface area contributed by atoms with Gasteiger partial charge >= 0.3 is 0 Å². The molecule has 6 heteroatoms. The van der Waals surface area contributed by atoms with Gasteiger partial charge in [-0.3, -0.25) is 9.59 Å². The smallest absolute Gasteiger partial charge is 0.257 e. The zero-order valence-corrected chi connectivity index (χ0v) is 15.2. The predicted octanol–water partition coefficient (Wildman–Crippen LogP) is 2.10. The van der Waals surface area contributed by atoms with Crippen molar-refractivity contribution >= 4 is 11.8 Å². The van der Waals surface area contributed by atoms with Crippen molar-refractivity contribution in [3.05, 3.63) is 23.3 Å². The van der Waals surface area contributed by atoms with E-state index in [1.165, 1.54) is 0 Å². The molecule has 0 radical (unpaired) electrons. The van der Waals surface area contributed by atoms with E-state index in [-0.39, 0.29) is 17.7 Å².